The van der Waals surface area contributed by atoms with Gasteiger partial charge in [-0.2, -0.15) is 5.10 Å². The van der Waals surface area contributed by atoms with Crippen LogP contribution in [0, 0.1) is 13.8 Å². The van der Waals surface area contributed by atoms with Crippen LogP contribution in [-0.4, -0.2) is 21.9 Å². The third-order valence-electron chi connectivity index (χ3n) is 3.46. The average molecular weight is 273 g/mol. The smallest absolute Gasteiger partial charge is 0.292 e. The van der Waals surface area contributed by atoms with E-state index >= 15 is 0 Å². The minimum atomic E-state index is -0.379. The summed E-state index contributed by atoms with van der Waals surface area (Å²) in [7, 11) is 0. The van der Waals surface area contributed by atoms with Crippen LogP contribution >= 0.6 is 0 Å². The van der Waals surface area contributed by atoms with Gasteiger partial charge >= 0.3 is 0 Å². The summed E-state index contributed by atoms with van der Waals surface area (Å²) in [6.45, 7) is 3.59. The van der Waals surface area contributed by atoms with Crippen LogP contribution in [-0.2, 0) is 6.42 Å². The number of carbonyl (C=O) groups is 2. The van der Waals surface area contributed by atoms with E-state index in [1.54, 1.807) is 13.0 Å². The van der Waals surface area contributed by atoms with Gasteiger partial charge in [-0.25, -0.2) is 0 Å². The summed E-state index contributed by atoms with van der Waals surface area (Å²) in [5, 5.41) is 9.35. The number of aryl methyl sites for hydroxylation is 2. The molecule has 1 aliphatic carbocycles. The van der Waals surface area contributed by atoms with E-state index < -0.39 is 0 Å². The number of anilines is 1. The van der Waals surface area contributed by atoms with Crippen LogP contribution in [0.2, 0.25) is 0 Å². The van der Waals surface area contributed by atoms with Crippen molar-refractivity contribution in [2.75, 3.05) is 5.32 Å². The number of ketones is 1. The van der Waals surface area contributed by atoms with Gasteiger partial charge in [0.15, 0.2) is 17.4 Å². The number of aromatic amines is 1. The highest BCUT2D eigenvalue weighted by Crippen LogP contribution is 2.29. The van der Waals surface area contributed by atoms with Gasteiger partial charge in [-0.1, -0.05) is 0 Å². The van der Waals surface area contributed by atoms with E-state index in [4.69, 9.17) is 4.42 Å². The molecule has 104 valence electrons. The summed E-state index contributed by atoms with van der Waals surface area (Å²) >= 11 is 0. The Bertz CT molecular complexity index is 697. The minimum Gasteiger partial charge on any atom is -0.455 e. The van der Waals surface area contributed by atoms with Crippen LogP contribution in [0.15, 0.2) is 10.5 Å². The maximum Gasteiger partial charge on any atom is 0.292 e. The highest BCUT2D eigenvalue weighted by Gasteiger charge is 2.28. The first-order chi connectivity index (χ1) is 9.56. The van der Waals surface area contributed by atoms with Gasteiger partial charge in [0.1, 0.15) is 5.76 Å². The Kier molecular flexibility index (Phi) is 2.93. The van der Waals surface area contributed by atoms with Gasteiger partial charge in [-0.3, -0.25) is 14.7 Å². The molecule has 0 aliphatic heterocycles. The summed E-state index contributed by atoms with van der Waals surface area (Å²) < 4.78 is 5.58. The number of hydrogen-bond acceptors (Lipinski definition) is 4. The summed E-state index contributed by atoms with van der Waals surface area (Å²) in [6, 6.07) is 1.72. The summed E-state index contributed by atoms with van der Waals surface area (Å²) in [5.74, 6) is 0.943. The lowest BCUT2D eigenvalue weighted by molar-refractivity contribution is 0.0963. The van der Waals surface area contributed by atoms with Crippen LogP contribution < -0.4 is 5.32 Å². The van der Waals surface area contributed by atoms with Crippen LogP contribution in [0.25, 0.3) is 0 Å². The first-order valence-corrected chi connectivity index (χ1v) is 6.55. The van der Waals surface area contributed by atoms with Crippen LogP contribution in [0.3, 0.4) is 0 Å². The predicted octanol–water partition coefficient (Wildman–Crippen LogP) is 2.39. The summed E-state index contributed by atoms with van der Waals surface area (Å²) in [6.07, 6.45) is 2.00. The molecule has 0 saturated carbocycles. The fourth-order valence-electron chi connectivity index (χ4n) is 2.52. The number of fused-ring (bicyclic) bond motifs is 1. The maximum atomic E-state index is 12.2. The lowest BCUT2D eigenvalue weighted by atomic mass is 9.94. The zero-order valence-corrected chi connectivity index (χ0v) is 11.4. The number of H-pyrrole nitrogens is 1. The number of hydrogen-bond donors (Lipinski definition) is 2. The van der Waals surface area contributed by atoms with E-state index in [1.807, 2.05) is 6.92 Å². The Morgan fingerprint density at radius 1 is 1.40 bits per heavy atom. The molecule has 0 radical (unpaired) electrons. The average Bonchev–Trinajstić information content (AvgIpc) is 2.95. The lowest BCUT2D eigenvalue weighted by Crippen LogP contribution is -2.13. The second-order valence-electron chi connectivity index (χ2n) is 5.02. The standard InChI is InChI=1S/C14H15N3O3/c1-7-6-11(17-16-7)15-14(19)13-8(2)12-9(18)4-3-5-10(12)20-13/h6H,3-5H2,1-2H3,(H2,15,16,17,19). The van der Waals surface area contributed by atoms with Crippen LogP contribution in [0.4, 0.5) is 5.82 Å². The molecule has 1 aliphatic rings. The second kappa shape index (κ2) is 4.63. The molecule has 0 saturated heterocycles. The molecule has 0 unspecified atom stereocenters. The zero-order valence-electron chi connectivity index (χ0n) is 11.4. The molecule has 0 atom stereocenters. The van der Waals surface area contributed by atoms with E-state index in [2.05, 4.69) is 15.5 Å². The zero-order chi connectivity index (χ0) is 14.3. The number of carbonyl (C=O) groups excluding carboxylic acids is 2. The Morgan fingerprint density at radius 3 is 2.85 bits per heavy atom. The van der Waals surface area contributed by atoms with Gasteiger partial charge in [0.2, 0.25) is 0 Å². The van der Waals surface area contributed by atoms with E-state index in [0.717, 1.165) is 12.1 Å². The normalized spacial score (nSPS) is 14.2. The predicted molar refractivity (Wildman–Crippen MR) is 72.0 cm³/mol. The van der Waals surface area contributed by atoms with Crippen molar-refractivity contribution in [3.8, 4) is 0 Å². The van der Waals surface area contributed by atoms with Gasteiger partial charge in [0.25, 0.3) is 5.91 Å². The van der Waals surface area contributed by atoms with Crippen molar-refractivity contribution < 1.29 is 14.0 Å². The molecule has 20 heavy (non-hydrogen) atoms. The molecular formula is C14H15N3O3. The van der Waals surface area contributed by atoms with Crippen LogP contribution in [0.1, 0.15) is 50.8 Å². The molecule has 2 heterocycles. The molecule has 0 fully saturated rings. The van der Waals surface area contributed by atoms with Gasteiger partial charge in [-0.15, -0.1) is 0 Å². The first-order valence-electron chi connectivity index (χ1n) is 6.55. The maximum absolute atomic E-state index is 12.2. The third kappa shape index (κ3) is 2.03. The molecule has 6 heteroatoms. The number of rotatable bonds is 2. The Balaban J connectivity index is 1.90. The fourth-order valence-corrected chi connectivity index (χ4v) is 2.52. The molecule has 1 amide bonds. The SMILES string of the molecule is Cc1cc(NC(=O)c2oc3c(c2C)C(=O)CCC3)n[nH]1. The molecule has 0 aromatic carbocycles. The molecule has 3 rings (SSSR count). The molecule has 0 spiro atoms. The lowest BCUT2D eigenvalue weighted by Gasteiger charge is -2.07. The van der Waals surface area contributed by atoms with E-state index in [9.17, 15) is 9.59 Å². The van der Waals surface area contributed by atoms with Crippen molar-refractivity contribution in [1.82, 2.24) is 10.2 Å². The van der Waals surface area contributed by atoms with Crippen molar-refractivity contribution >= 4 is 17.5 Å². The highest BCUT2D eigenvalue weighted by molar-refractivity contribution is 6.07. The Hall–Kier alpha value is -2.37. The van der Waals surface area contributed by atoms with Crippen molar-refractivity contribution in [2.45, 2.75) is 33.1 Å². The van der Waals surface area contributed by atoms with E-state index in [-0.39, 0.29) is 17.5 Å². The second-order valence-corrected chi connectivity index (χ2v) is 5.02. The van der Waals surface area contributed by atoms with Gasteiger partial charge in [0.05, 0.1) is 5.56 Å². The molecule has 0 bridgehead atoms. The molecule has 6 nitrogen and oxygen atoms in total. The molecular weight excluding hydrogens is 258 g/mol. The van der Waals surface area contributed by atoms with Crippen molar-refractivity contribution in [3.63, 3.8) is 0 Å². The van der Waals surface area contributed by atoms with E-state index in [1.165, 1.54) is 0 Å². The third-order valence-corrected chi connectivity index (χ3v) is 3.46. The summed E-state index contributed by atoms with van der Waals surface area (Å²) in [5.41, 5.74) is 2.06. The topological polar surface area (TPSA) is 88.0 Å². The number of nitrogens with zero attached hydrogens (tertiary/aromatic N) is 1. The highest BCUT2D eigenvalue weighted by atomic mass is 16.4. The Morgan fingerprint density at radius 2 is 2.20 bits per heavy atom. The van der Waals surface area contributed by atoms with Crippen LogP contribution in [0.5, 0.6) is 0 Å². The molecule has 2 N–H and O–H groups in total. The fraction of sp³-hybridized carbons (Fsp3) is 0.357. The van der Waals surface area contributed by atoms with E-state index in [0.29, 0.717) is 35.5 Å². The molecule has 2 aromatic rings. The van der Waals surface area contributed by atoms with Gasteiger partial charge < -0.3 is 9.73 Å². The Labute approximate surface area is 115 Å². The monoisotopic (exact) mass is 273 g/mol. The van der Waals surface area contributed by atoms with Gasteiger partial charge in [0, 0.05) is 30.2 Å². The molecule has 2 aromatic heterocycles. The number of amides is 1. The summed E-state index contributed by atoms with van der Waals surface area (Å²) in [4.78, 5) is 24.1. The largest absolute Gasteiger partial charge is 0.455 e. The number of Topliss-reactive ketones (excluding diaryl/α,β-unsaturated/α-hetero) is 1. The minimum absolute atomic E-state index is 0.0576. The van der Waals surface area contributed by atoms with Gasteiger partial charge in [-0.05, 0) is 20.3 Å². The first kappa shape index (κ1) is 12.7. The van der Waals surface area contributed by atoms with Crippen molar-refractivity contribution in [1.29, 1.82) is 0 Å². The van der Waals surface area contributed by atoms with Crippen molar-refractivity contribution in [3.05, 3.63) is 34.4 Å². The quantitative estimate of drug-likeness (QED) is 0.879. The van der Waals surface area contributed by atoms with Crippen molar-refractivity contribution in [2.24, 2.45) is 0 Å². The number of aromatic nitrogens is 2. The number of nitrogens with one attached hydrogen (secondary N) is 2. The number of furan rings is 1.